The van der Waals surface area contributed by atoms with Crippen molar-refractivity contribution in [3.05, 3.63) is 55.0 Å². The topological polar surface area (TPSA) is 53.6 Å². The minimum absolute atomic E-state index is 0.872. The van der Waals surface area contributed by atoms with E-state index in [2.05, 4.69) is 44.5 Å². The summed E-state index contributed by atoms with van der Waals surface area (Å²) in [5.74, 6) is 0.872. The van der Waals surface area contributed by atoms with Gasteiger partial charge in [-0.15, -0.1) is 0 Å². The number of aromatic nitrogens is 3. The third kappa shape index (κ3) is 1.92. The van der Waals surface area contributed by atoms with Crippen molar-refractivity contribution >= 4 is 27.6 Å². The maximum atomic E-state index is 4.37. The van der Waals surface area contributed by atoms with Crippen molar-refractivity contribution in [3.63, 3.8) is 0 Å². The summed E-state index contributed by atoms with van der Waals surface area (Å²) in [5, 5.41) is 5.38. The second-order valence-corrected chi connectivity index (χ2v) is 4.99. The van der Waals surface area contributed by atoms with E-state index >= 15 is 0 Å². The number of aromatic amines is 1. The van der Waals surface area contributed by atoms with Crippen LogP contribution in [0.4, 0.5) is 5.82 Å². The van der Waals surface area contributed by atoms with Crippen molar-refractivity contribution in [3.8, 4) is 11.1 Å². The third-order valence-electron chi connectivity index (χ3n) is 3.75. The van der Waals surface area contributed by atoms with Gasteiger partial charge in [0.25, 0.3) is 0 Å². The van der Waals surface area contributed by atoms with Gasteiger partial charge in [0, 0.05) is 53.0 Å². The third-order valence-corrected chi connectivity index (χ3v) is 3.75. The first-order valence-corrected chi connectivity index (χ1v) is 6.85. The molecule has 0 amide bonds. The first-order valence-electron chi connectivity index (χ1n) is 6.85. The lowest BCUT2D eigenvalue weighted by Crippen LogP contribution is -1.91. The Morgan fingerprint density at radius 1 is 0.905 bits per heavy atom. The van der Waals surface area contributed by atoms with Crippen molar-refractivity contribution < 1.29 is 0 Å². The summed E-state index contributed by atoms with van der Waals surface area (Å²) in [6.07, 6.45) is 5.59. The first-order chi connectivity index (χ1) is 10.3. The molecule has 0 saturated heterocycles. The van der Waals surface area contributed by atoms with Crippen LogP contribution >= 0.6 is 0 Å². The summed E-state index contributed by atoms with van der Waals surface area (Å²) in [4.78, 5) is 12.0. The predicted molar refractivity (Wildman–Crippen MR) is 86.4 cm³/mol. The summed E-state index contributed by atoms with van der Waals surface area (Å²) in [6, 6.07) is 12.5. The monoisotopic (exact) mass is 274 g/mol. The predicted octanol–water partition coefficient (Wildman–Crippen LogP) is 3.82. The number of nitrogens with one attached hydrogen (secondary N) is 2. The van der Waals surface area contributed by atoms with Gasteiger partial charge in [-0.2, -0.15) is 0 Å². The van der Waals surface area contributed by atoms with Gasteiger partial charge in [0.15, 0.2) is 0 Å². The van der Waals surface area contributed by atoms with Crippen LogP contribution < -0.4 is 5.32 Å². The van der Waals surface area contributed by atoms with Crippen LogP contribution in [0.2, 0.25) is 0 Å². The van der Waals surface area contributed by atoms with Gasteiger partial charge >= 0.3 is 0 Å². The van der Waals surface area contributed by atoms with Gasteiger partial charge in [-0.1, -0.05) is 12.1 Å². The van der Waals surface area contributed by atoms with Crippen molar-refractivity contribution in [1.82, 2.24) is 15.0 Å². The van der Waals surface area contributed by atoms with E-state index in [-0.39, 0.29) is 0 Å². The van der Waals surface area contributed by atoms with Crippen molar-refractivity contribution in [2.24, 2.45) is 0 Å². The molecular weight excluding hydrogens is 260 g/mol. The van der Waals surface area contributed by atoms with Crippen LogP contribution in [0.5, 0.6) is 0 Å². The Hall–Kier alpha value is -2.88. The molecule has 4 nitrogen and oxygen atoms in total. The average molecular weight is 274 g/mol. The minimum Gasteiger partial charge on any atom is -0.373 e. The van der Waals surface area contributed by atoms with Crippen LogP contribution in [0.3, 0.4) is 0 Å². The number of nitrogens with zero attached hydrogens (tertiary/aromatic N) is 2. The summed E-state index contributed by atoms with van der Waals surface area (Å²) >= 11 is 0. The Bertz CT molecular complexity index is 922. The molecule has 21 heavy (non-hydrogen) atoms. The van der Waals surface area contributed by atoms with Crippen LogP contribution in [0.25, 0.3) is 32.9 Å². The second kappa shape index (κ2) is 4.59. The van der Waals surface area contributed by atoms with Gasteiger partial charge in [-0.3, -0.25) is 4.98 Å². The summed E-state index contributed by atoms with van der Waals surface area (Å²) in [5.41, 5.74) is 4.49. The highest BCUT2D eigenvalue weighted by molar-refractivity contribution is 6.07. The molecule has 102 valence electrons. The SMILES string of the molecule is CNc1ccc(-c2ccc3c(c2)[nH]c2ccncc23)cn1. The first kappa shape index (κ1) is 11.9. The Labute approximate surface area is 121 Å². The molecule has 0 radical (unpaired) electrons. The van der Waals surface area contributed by atoms with Crippen molar-refractivity contribution in [2.45, 2.75) is 0 Å². The lowest BCUT2D eigenvalue weighted by atomic mass is 10.1. The quantitative estimate of drug-likeness (QED) is 0.584. The normalized spacial score (nSPS) is 11.1. The molecule has 0 spiro atoms. The van der Waals surface area contributed by atoms with Crippen molar-refractivity contribution in [2.75, 3.05) is 12.4 Å². The molecule has 4 aromatic rings. The number of pyridine rings is 2. The number of hydrogen-bond acceptors (Lipinski definition) is 3. The molecule has 0 aliphatic heterocycles. The van der Waals surface area contributed by atoms with E-state index in [1.165, 1.54) is 5.39 Å². The summed E-state index contributed by atoms with van der Waals surface area (Å²) in [6.45, 7) is 0. The fourth-order valence-corrected chi connectivity index (χ4v) is 2.64. The molecule has 0 unspecified atom stereocenters. The Morgan fingerprint density at radius 2 is 1.81 bits per heavy atom. The highest BCUT2D eigenvalue weighted by Gasteiger charge is 2.06. The number of rotatable bonds is 2. The van der Waals surface area contributed by atoms with Crippen LogP contribution in [0, 0.1) is 0 Å². The van der Waals surface area contributed by atoms with Gasteiger partial charge in [-0.05, 0) is 29.8 Å². The maximum absolute atomic E-state index is 4.37. The fraction of sp³-hybridized carbons (Fsp3) is 0.0588. The fourth-order valence-electron chi connectivity index (χ4n) is 2.64. The van der Waals surface area contributed by atoms with Crippen LogP contribution in [-0.4, -0.2) is 22.0 Å². The Morgan fingerprint density at radius 3 is 2.62 bits per heavy atom. The lowest BCUT2D eigenvalue weighted by Gasteiger charge is -2.03. The average Bonchev–Trinajstić information content (AvgIpc) is 2.92. The zero-order valence-corrected chi connectivity index (χ0v) is 11.6. The van der Waals surface area contributed by atoms with E-state index in [0.717, 1.165) is 33.4 Å². The second-order valence-electron chi connectivity index (χ2n) is 4.99. The van der Waals surface area contributed by atoms with E-state index in [9.17, 15) is 0 Å². The smallest absolute Gasteiger partial charge is 0.125 e. The highest BCUT2D eigenvalue weighted by atomic mass is 14.9. The molecule has 0 atom stereocenters. The zero-order valence-electron chi connectivity index (χ0n) is 11.6. The largest absolute Gasteiger partial charge is 0.373 e. The molecule has 0 aliphatic rings. The van der Waals surface area contributed by atoms with Gasteiger partial charge < -0.3 is 10.3 Å². The molecule has 1 aromatic carbocycles. The standard InChI is InChI=1S/C17H14N4/c1-18-17-5-3-12(9-20-17)11-2-4-13-14-10-19-7-6-15(14)21-16(13)8-11/h2-10,21H,1H3,(H,18,20). The lowest BCUT2D eigenvalue weighted by molar-refractivity contribution is 1.29. The van der Waals surface area contributed by atoms with E-state index in [0.29, 0.717) is 0 Å². The van der Waals surface area contributed by atoms with Crippen LogP contribution in [0.15, 0.2) is 55.0 Å². The van der Waals surface area contributed by atoms with Crippen LogP contribution in [0.1, 0.15) is 0 Å². The Kier molecular flexibility index (Phi) is 2.60. The maximum Gasteiger partial charge on any atom is 0.125 e. The van der Waals surface area contributed by atoms with Crippen molar-refractivity contribution in [1.29, 1.82) is 0 Å². The van der Waals surface area contributed by atoms with Crippen LogP contribution in [-0.2, 0) is 0 Å². The van der Waals surface area contributed by atoms with E-state index in [1.54, 1.807) is 6.20 Å². The number of benzene rings is 1. The van der Waals surface area contributed by atoms with E-state index in [4.69, 9.17) is 0 Å². The molecule has 0 aliphatic carbocycles. The molecule has 0 fully saturated rings. The molecule has 3 aromatic heterocycles. The minimum atomic E-state index is 0.872. The molecule has 0 saturated carbocycles. The number of hydrogen-bond donors (Lipinski definition) is 2. The van der Waals surface area contributed by atoms with E-state index in [1.807, 2.05) is 31.6 Å². The molecule has 4 rings (SSSR count). The summed E-state index contributed by atoms with van der Waals surface area (Å²) in [7, 11) is 1.87. The zero-order chi connectivity index (χ0) is 14.2. The molecule has 0 bridgehead atoms. The van der Waals surface area contributed by atoms with Gasteiger partial charge in [0.2, 0.25) is 0 Å². The Balaban J connectivity index is 1.87. The number of fused-ring (bicyclic) bond motifs is 3. The summed E-state index contributed by atoms with van der Waals surface area (Å²) < 4.78 is 0. The van der Waals surface area contributed by atoms with Gasteiger partial charge in [0.1, 0.15) is 5.82 Å². The molecule has 2 N–H and O–H groups in total. The molecule has 4 heteroatoms. The molecule has 3 heterocycles. The van der Waals surface area contributed by atoms with Gasteiger partial charge in [0.05, 0.1) is 0 Å². The number of H-pyrrole nitrogens is 1. The van der Waals surface area contributed by atoms with Gasteiger partial charge in [-0.25, -0.2) is 4.98 Å². The van der Waals surface area contributed by atoms with E-state index < -0.39 is 0 Å². The highest BCUT2D eigenvalue weighted by Crippen LogP contribution is 2.29. The number of anilines is 1. The molecular formula is C17H14N4.